The molecule has 0 saturated heterocycles. The fourth-order valence-corrected chi connectivity index (χ4v) is 4.55. The molecule has 1 atom stereocenters. The molecule has 0 amide bonds. The van der Waals surface area contributed by atoms with Gasteiger partial charge in [0.25, 0.3) is 0 Å². The van der Waals surface area contributed by atoms with Crippen LogP contribution in [-0.2, 0) is 0 Å². The highest BCUT2D eigenvalue weighted by Crippen LogP contribution is 2.40. The lowest BCUT2D eigenvalue weighted by Crippen LogP contribution is -2.01. The van der Waals surface area contributed by atoms with Crippen LogP contribution >= 0.6 is 15.9 Å². The van der Waals surface area contributed by atoms with Gasteiger partial charge in [-0.25, -0.2) is 0 Å². The SMILES string of the molecule is N#CC(c1ccccc1Br)c1c(-c2ccc3ccccc3c2)[nH]c2ccccc12. The first-order valence-electron chi connectivity index (χ1n) is 9.50. The summed E-state index contributed by atoms with van der Waals surface area (Å²) in [6.07, 6.45) is 0. The molecule has 2 nitrogen and oxygen atoms in total. The lowest BCUT2D eigenvalue weighted by Gasteiger charge is -2.14. The van der Waals surface area contributed by atoms with Gasteiger partial charge in [-0.3, -0.25) is 0 Å². The maximum absolute atomic E-state index is 10.2. The van der Waals surface area contributed by atoms with E-state index in [-0.39, 0.29) is 5.92 Å². The second-order valence-corrected chi connectivity index (χ2v) is 7.96. The summed E-state index contributed by atoms with van der Waals surface area (Å²) >= 11 is 3.64. The largest absolute Gasteiger partial charge is 0.354 e. The van der Waals surface area contributed by atoms with Crippen molar-refractivity contribution in [2.24, 2.45) is 0 Å². The Morgan fingerprint density at radius 3 is 2.34 bits per heavy atom. The molecule has 0 spiro atoms. The Labute approximate surface area is 177 Å². The van der Waals surface area contributed by atoms with Crippen molar-refractivity contribution in [3.8, 4) is 17.3 Å². The normalized spacial score (nSPS) is 12.1. The lowest BCUT2D eigenvalue weighted by atomic mass is 9.88. The molecule has 4 aromatic carbocycles. The van der Waals surface area contributed by atoms with Gasteiger partial charge in [-0.05, 0) is 40.1 Å². The number of nitrogens with zero attached hydrogens (tertiary/aromatic N) is 1. The summed E-state index contributed by atoms with van der Waals surface area (Å²) in [4.78, 5) is 3.58. The van der Waals surface area contributed by atoms with E-state index in [9.17, 15) is 5.26 Å². The zero-order chi connectivity index (χ0) is 19.8. The van der Waals surface area contributed by atoms with Crippen molar-refractivity contribution in [3.05, 3.63) is 107 Å². The highest BCUT2D eigenvalue weighted by molar-refractivity contribution is 9.10. The molecule has 0 aliphatic rings. The number of hydrogen-bond acceptors (Lipinski definition) is 1. The Kier molecular flexibility index (Phi) is 4.42. The van der Waals surface area contributed by atoms with Crippen molar-refractivity contribution in [1.29, 1.82) is 5.26 Å². The average Bonchev–Trinajstić information content (AvgIpc) is 3.15. The van der Waals surface area contributed by atoms with Crippen LogP contribution in [0.25, 0.3) is 32.9 Å². The summed E-state index contributed by atoms with van der Waals surface area (Å²) in [6.45, 7) is 0. The number of hydrogen-bond donors (Lipinski definition) is 1. The minimum Gasteiger partial charge on any atom is -0.354 e. The summed E-state index contributed by atoms with van der Waals surface area (Å²) in [5.74, 6) is -0.386. The Morgan fingerprint density at radius 1 is 0.793 bits per heavy atom. The Bertz CT molecular complexity index is 1390. The molecule has 0 radical (unpaired) electrons. The summed E-state index contributed by atoms with van der Waals surface area (Å²) in [6, 6.07) is 33.5. The molecule has 1 N–H and O–H groups in total. The molecule has 138 valence electrons. The van der Waals surface area contributed by atoms with E-state index >= 15 is 0 Å². The van der Waals surface area contributed by atoms with Crippen LogP contribution in [0.15, 0.2) is 95.5 Å². The summed E-state index contributed by atoms with van der Waals surface area (Å²) in [5, 5.41) is 13.7. The molecule has 3 heteroatoms. The number of H-pyrrole nitrogens is 1. The number of benzene rings is 4. The van der Waals surface area contributed by atoms with Crippen LogP contribution < -0.4 is 0 Å². The van der Waals surface area contributed by atoms with E-state index < -0.39 is 0 Å². The first-order valence-corrected chi connectivity index (χ1v) is 10.3. The molecule has 5 rings (SSSR count). The third-order valence-corrected chi connectivity index (χ3v) is 6.14. The van der Waals surface area contributed by atoms with Gasteiger partial charge < -0.3 is 4.98 Å². The molecule has 1 aromatic heterocycles. The quantitative estimate of drug-likeness (QED) is 0.314. The maximum atomic E-state index is 10.2. The smallest absolute Gasteiger partial charge is 0.1000 e. The summed E-state index contributed by atoms with van der Waals surface area (Å²) < 4.78 is 0.946. The molecular weight excluding hydrogens is 420 g/mol. The van der Waals surface area contributed by atoms with Crippen molar-refractivity contribution >= 4 is 37.6 Å². The van der Waals surface area contributed by atoms with Gasteiger partial charge in [0.05, 0.1) is 17.7 Å². The second kappa shape index (κ2) is 7.24. The molecule has 0 bridgehead atoms. The van der Waals surface area contributed by atoms with E-state index in [0.29, 0.717) is 0 Å². The highest BCUT2D eigenvalue weighted by atomic mass is 79.9. The van der Waals surface area contributed by atoms with Crippen molar-refractivity contribution in [3.63, 3.8) is 0 Å². The second-order valence-electron chi connectivity index (χ2n) is 7.10. The lowest BCUT2D eigenvalue weighted by molar-refractivity contribution is 1.04. The first kappa shape index (κ1) is 17.7. The minimum atomic E-state index is -0.386. The zero-order valence-electron chi connectivity index (χ0n) is 15.6. The molecule has 1 unspecified atom stereocenters. The van der Waals surface area contributed by atoms with E-state index in [4.69, 9.17) is 0 Å². The van der Waals surface area contributed by atoms with Crippen molar-refractivity contribution < 1.29 is 0 Å². The van der Waals surface area contributed by atoms with Gasteiger partial charge in [-0.2, -0.15) is 5.26 Å². The van der Waals surface area contributed by atoms with E-state index in [2.05, 4.69) is 81.6 Å². The summed E-state index contributed by atoms with van der Waals surface area (Å²) in [7, 11) is 0. The number of halogens is 1. The topological polar surface area (TPSA) is 39.6 Å². The Balaban J connectivity index is 1.80. The van der Waals surface area contributed by atoms with Crippen LogP contribution in [0.1, 0.15) is 17.0 Å². The van der Waals surface area contributed by atoms with Crippen LogP contribution in [0.4, 0.5) is 0 Å². The van der Waals surface area contributed by atoms with Crippen LogP contribution in [0.2, 0.25) is 0 Å². The van der Waals surface area contributed by atoms with E-state index in [1.807, 2.05) is 36.4 Å². The predicted molar refractivity (Wildman–Crippen MR) is 123 cm³/mol. The van der Waals surface area contributed by atoms with Gasteiger partial charge in [0.1, 0.15) is 0 Å². The molecule has 0 aliphatic heterocycles. The molecule has 5 aromatic rings. The average molecular weight is 437 g/mol. The van der Waals surface area contributed by atoms with Gasteiger partial charge >= 0.3 is 0 Å². The molecule has 1 heterocycles. The molecular formula is C26H17BrN2. The zero-order valence-corrected chi connectivity index (χ0v) is 17.1. The van der Waals surface area contributed by atoms with E-state index in [0.717, 1.165) is 37.8 Å². The summed E-state index contributed by atoms with van der Waals surface area (Å²) in [5.41, 5.74) is 5.12. The maximum Gasteiger partial charge on any atom is 0.1000 e. The van der Waals surface area contributed by atoms with Gasteiger partial charge in [0.15, 0.2) is 0 Å². The van der Waals surface area contributed by atoms with Gasteiger partial charge in [0, 0.05) is 20.9 Å². The Hall–Kier alpha value is -3.35. The highest BCUT2D eigenvalue weighted by Gasteiger charge is 2.24. The van der Waals surface area contributed by atoms with E-state index in [1.54, 1.807) is 0 Å². The van der Waals surface area contributed by atoms with Crippen LogP contribution in [0, 0.1) is 11.3 Å². The van der Waals surface area contributed by atoms with Crippen molar-refractivity contribution in [2.45, 2.75) is 5.92 Å². The monoisotopic (exact) mass is 436 g/mol. The Morgan fingerprint density at radius 2 is 1.52 bits per heavy atom. The third kappa shape index (κ3) is 3.03. The van der Waals surface area contributed by atoms with Crippen molar-refractivity contribution in [2.75, 3.05) is 0 Å². The predicted octanol–water partition coefficient (Wildman–Crippen LogP) is 7.41. The number of nitrogens with one attached hydrogen (secondary N) is 1. The number of aromatic nitrogens is 1. The van der Waals surface area contributed by atoms with E-state index in [1.165, 1.54) is 10.8 Å². The standard InChI is InChI=1S/C26H17BrN2/c27-23-11-5-3-9-20(23)22(16-28)25-21-10-4-6-12-24(21)29-26(25)19-14-13-17-7-1-2-8-18(17)15-19/h1-15,22,29H. The molecule has 29 heavy (non-hydrogen) atoms. The van der Waals surface area contributed by atoms with Crippen molar-refractivity contribution in [1.82, 2.24) is 4.98 Å². The van der Waals surface area contributed by atoms with Gasteiger partial charge in [-0.1, -0.05) is 88.7 Å². The van der Waals surface area contributed by atoms with Gasteiger partial charge in [-0.15, -0.1) is 0 Å². The first-order chi connectivity index (χ1) is 14.3. The molecule has 0 fully saturated rings. The van der Waals surface area contributed by atoms with Crippen LogP contribution in [0.3, 0.4) is 0 Å². The molecule has 0 aliphatic carbocycles. The fourth-order valence-electron chi connectivity index (χ4n) is 4.03. The van der Waals surface area contributed by atoms with Crippen LogP contribution in [0.5, 0.6) is 0 Å². The van der Waals surface area contributed by atoms with Gasteiger partial charge in [0.2, 0.25) is 0 Å². The number of fused-ring (bicyclic) bond motifs is 2. The molecule has 0 saturated carbocycles. The fraction of sp³-hybridized carbons (Fsp3) is 0.0385. The third-order valence-electron chi connectivity index (χ3n) is 5.42. The minimum absolute atomic E-state index is 0.386. The number of para-hydroxylation sites is 1. The number of rotatable bonds is 3. The number of aromatic amines is 1. The number of nitriles is 1. The van der Waals surface area contributed by atoms with Crippen LogP contribution in [-0.4, -0.2) is 4.98 Å².